The highest BCUT2D eigenvalue weighted by Gasteiger charge is 2.36. The molecule has 3 rings (SSSR count). The van der Waals surface area contributed by atoms with Crippen LogP contribution in [-0.2, 0) is 17.6 Å². The number of nitrogens with zero attached hydrogens (tertiary/aromatic N) is 1. The summed E-state index contributed by atoms with van der Waals surface area (Å²) in [6.07, 6.45) is 1.39. The molecule has 3 amide bonds. The van der Waals surface area contributed by atoms with Crippen molar-refractivity contribution in [1.29, 1.82) is 0 Å². The summed E-state index contributed by atoms with van der Waals surface area (Å²) in [5.74, 6) is -1.32. The fraction of sp³-hybridized carbons (Fsp3) is 0.250. The number of aryl methyl sites for hydroxylation is 1. The van der Waals surface area contributed by atoms with Gasteiger partial charge in [0.25, 0.3) is 11.8 Å². The first-order valence-electron chi connectivity index (χ1n) is 8.53. The van der Waals surface area contributed by atoms with E-state index in [1.807, 2.05) is 26.0 Å². The molecule has 0 saturated heterocycles. The molecule has 5 nitrogen and oxygen atoms in total. The molecule has 0 unspecified atom stereocenters. The van der Waals surface area contributed by atoms with Crippen molar-refractivity contribution in [3.05, 3.63) is 63.7 Å². The Morgan fingerprint density at radius 1 is 1.00 bits per heavy atom. The molecule has 0 radical (unpaired) electrons. The molecule has 1 heterocycles. The molecule has 2 aromatic rings. The van der Waals surface area contributed by atoms with Gasteiger partial charge in [0.2, 0.25) is 5.91 Å². The number of amides is 3. The van der Waals surface area contributed by atoms with Gasteiger partial charge in [0.15, 0.2) is 0 Å². The number of halogens is 1. The Labute approximate surface area is 156 Å². The van der Waals surface area contributed by atoms with Gasteiger partial charge < -0.3 is 5.32 Å². The van der Waals surface area contributed by atoms with Crippen LogP contribution >= 0.6 is 11.6 Å². The summed E-state index contributed by atoms with van der Waals surface area (Å²) in [5.41, 5.74) is 3.14. The summed E-state index contributed by atoms with van der Waals surface area (Å²) >= 11 is 6.25. The molecule has 0 saturated carbocycles. The molecule has 6 heteroatoms. The molecule has 26 heavy (non-hydrogen) atoms. The van der Waals surface area contributed by atoms with E-state index >= 15 is 0 Å². The van der Waals surface area contributed by atoms with Crippen LogP contribution in [0.25, 0.3) is 0 Å². The lowest BCUT2D eigenvalue weighted by atomic mass is 10.0. The molecular weight excluding hydrogens is 352 g/mol. The first-order chi connectivity index (χ1) is 12.5. The van der Waals surface area contributed by atoms with Crippen molar-refractivity contribution in [2.24, 2.45) is 0 Å². The minimum absolute atomic E-state index is 0.328. The fourth-order valence-electron chi connectivity index (χ4n) is 3.17. The summed E-state index contributed by atoms with van der Waals surface area (Å²) < 4.78 is 0. The zero-order valence-corrected chi connectivity index (χ0v) is 15.4. The van der Waals surface area contributed by atoms with E-state index in [1.165, 1.54) is 0 Å². The second-order valence-electron chi connectivity index (χ2n) is 6.06. The van der Waals surface area contributed by atoms with Gasteiger partial charge in [0.1, 0.15) is 6.54 Å². The van der Waals surface area contributed by atoms with Gasteiger partial charge in [-0.05, 0) is 42.2 Å². The lowest BCUT2D eigenvalue weighted by molar-refractivity contribution is -0.116. The van der Waals surface area contributed by atoms with Crippen molar-refractivity contribution in [2.45, 2.75) is 26.7 Å². The highest BCUT2D eigenvalue weighted by Crippen LogP contribution is 2.30. The molecule has 1 N–H and O–H groups in total. The minimum Gasteiger partial charge on any atom is -0.324 e. The van der Waals surface area contributed by atoms with Gasteiger partial charge in [-0.2, -0.15) is 0 Å². The number of anilines is 1. The number of carbonyl (C=O) groups excluding carboxylic acids is 3. The second kappa shape index (κ2) is 7.30. The van der Waals surface area contributed by atoms with Crippen molar-refractivity contribution < 1.29 is 14.4 Å². The topological polar surface area (TPSA) is 66.5 Å². The molecule has 1 aliphatic rings. The highest BCUT2D eigenvalue weighted by molar-refractivity contribution is 6.32. The van der Waals surface area contributed by atoms with Gasteiger partial charge in [-0.1, -0.05) is 43.6 Å². The van der Waals surface area contributed by atoms with Crippen molar-refractivity contribution >= 4 is 35.0 Å². The van der Waals surface area contributed by atoms with Gasteiger partial charge in [0.05, 0.1) is 11.1 Å². The third-order valence-electron chi connectivity index (χ3n) is 4.52. The Hall–Kier alpha value is -2.66. The van der Waals surface area contributed by atoms with E-state index in [2.05, 4.69) is 5.32 Å². The van der Waals surface area contributed by atoms with Gasteiger partial charge in [-0.15, -0.1) is 0 Å². The van der Waals surface area contributed by atoms with Crippen LogP contribution in [0, 0.1) is 0 Å². The van der Waals surface area contributed by atoms with E-state index in [0.717, 1.165) is 22.4 Å². The van der Waals surface area contributed by atoms with Crippen LogP contribution in [0.15, 0.2) is 36.4 Å². The average molecular weight is 371 g/mol. The minimum atomic E-state index is -0.446. The average Bonchev–Trinajstić information content (AvgIpc) is 2.87. The largest absolute Gasteiger partial charge is 0.324 e. The van der Waals surface area contributed by atoms with Crippen molar-refractivity contribution in [1.82, 2.24) is 4.90 Å². The number of fused-ring (bicyclic) bond motifs is 1. The van der Waals surface area contributed by atoms with Crippen LogP contribution in [0.2, 0.25) is 5.02 Å². The summed E-state index contributed by atoms with van der Waals surface area (Å²) in [6, 6.07) is 10.3. The van der Waals surface area contributed by atoms with Gasteiger partial charge in [-0.3, -0.25) is 19.3 Å². The van der Waals surface area contributed by atoms with Crippen LogP contribution in [0.1, 0.15) is 45.7 Å². The van der Waals surface area contributed by atoms with Gasteiger partial charge in [0, 0.05) is 10.7 Å². The van der Waals surface area contributed by atoms with Crippen molar-refractivity contribution in [3.63, 3.8) is 0 Å². The quantitative estimate of drug-likeness (QED) is 0.816. The number of hydrogen-bond donors (Lipinski definition) is 1. The number of benzene rings is 2. The fourth-order valence-corrected chi connectivity index (χ4v) is 3.46. The Bertz CT molecular complexity index is 873. The maximum Gasteiger partial charge on any atom is 0.262 e. The molecule has 0 spiro atoms. The first kappa shape index (κ1) is 18.1. The number of rotatable bonds is 5. The van der Waals surface area contributed by atoms with E-state index < -0.39 is 17.7 Å². The number of hydrogen-bond acceptors (Lipinski definition) is 3. The Kier molecular flexibility index (Phi) is 5.09. The third kappa shape index (κ3) is 3.10. The maximum absolute atomic E-state index is 12.6. The third-order valence-corrected chi connectivity index (χ3v) is 4.87. The van der Waals surface area contributed by atoms with Gasteiger partial charge >= 0.3 is 0 Å². The van der Waals surface area contributed by atoms with Crippen LogP contribution < -0.4 is 5.32 Å². The van der Waals surface area contributed by atoms with Crippen molar-refractivity contribution in [3.8, 4) is 0 Å². The molecule has 0 aliphatic carbocycles. The summed E-state index contributed by atoms with van der Waals surface area (Å²) in [6.45, 7) is 3.62. The SMILES string of the molecule is CCc1ccc(Cl)c(CC)c1NC(=O)CN1C(=O)c2ccccc2C1=O. The van der Waals surface area contributed by atoms with Crippen molar-refractivity contribution in [2.75, 3.05) is 11.9 Å². The van der Waals surface area contributed by atoms with Crippen LogP contribution in [-0.4, -0.2) is 29.2 Å². The molecule has 0 bridgehead atoms. The first-order valence-corrected chi connectivity index (χ1v) is 8.91. The summed E-state index contributed by atoms with van der Waals surface area (Å²) in [7, 11) is 0. The smallest absolute Gasteiger partial charge is 0.262 e. The molecule has 0 fully saturated rings. The molecule has 0 atom stereocenters. The number of imide groups is 1. The standard InChI is InChI=1S/C20H19ClN2O3/c1-3-12-9-10-16(21)13(4-2)18(12)22-17(24)11-23-19(25)14-7-5-6-8-15(14)20(23)26/h5-10H,3-4,11H2,1-2H3,(H,22,24). The molecule has 1 aliphatic heterocycles. The number of carbonyl (C=O) groups is 3. The lowest BCUT2D eigenvalue weighted by Crippen LogP contribution is -2.37. The predicted molar refractivity (Wildman–Crippen MR) is 101 cm³/mol. The zero-order valence-electron chi connectivity index (χ0n) is 14.6. The molecule has 0 aromatic heterocycles. The summed E-state index contributed by atoms with van der Waals surface area (Å²) in [4.78, 5) is 38.3. The maximum atomic E-state index is 12.6. The normalized spacial score (nSPS) is 13.1. The Morgan fingerprint density at radius 3 is 2.15 bits per heavy atom. The predicted octanol–water partition coefficient (Wildman–Crippen LogP) is 3.70. The van der Waals surface area contributed by atoms with Crippen LogP contribution in [0.3, 0.4) is 0 Å². The van der Waals surface area contributed by atoms with E-state index in [9.17, 15) is 14.4 Å². The van der Waals surface area contributed by atoms with E-state index in [4.69, 9.17) is 11.6 Å². The highest BCUT2D eigenvalue weighted by atomic mass is 35.5. The molecule has 134 valence electrons. The second-order valence-corrected chi connectivity index (χ2v) is 6.46. The van der Waals surface area contributed by atoms with E-state index in [-0.39, 0.29) is 6.54 Å². The lowest BCUT2D eigenvalue weighted by Gasteiger charge is -2.18. The number of nitrogens with one attached hydrogen (secondary N) is 1. The van der Waals surface area contributed by atoms with E-state index in [1.54, 1.807) is 24.3 Å². The zero-order chi connectivity index (χ0) is 18.8. The molecule has 2 aromatic carbocycles. The van der Waals surface area contributed by atoms with E-state index in [0.29, 0.717) is 28.3 Å². The van der Waals surface area contributed by atoms with Crippen LogP contribution in [0.4, 0.5) is 5.69 Å². The van der Waals surface area contributed by atoms with Crippen LogP contribution in [0.5, 0.6) is 0 Å². The Balaban J connectivity index is 1.82. The molecular formula is C20H19ClN2O3. The van der Waals surface area contributed by atoms with Gasteiger partial charge in [-0.25, -0.2) is 0 Å². The summed E-state index contributed by atoms with van der Waals surface area (Å²) in [5, 5.41) is 3.43. The Morgan fingerprint density at radius 2 is 1.62 bits per heavy atom. The monoisotopic (exact) mass is 370 g/mol.